The average molecular weight is 752 g/mol. The van der Waals surface area contributed by atoms with Crippen molar-refractivity contribution in [3.05, 3.63) is 48.0 Å². The van der Waals surface area contributed by atoms with Crippen molar-refractivity contribution in [2.45, 2.75) is 148 Å². The van der Waals surface area contributed by atoms with Crippen molar-refractivity contribution in [2.24, 2.45) is 17.8 Å². The molecule has 13 heteroatoms. The van der Waals surface area contributed by atoms with Gasteiger partial charge in [0.1, 0.15) is 18.1 Å². The van der Waals surface area contributed by atoms with Crippen LogP contribution < -0.4 is 26.6 Å². The first-order valence-corrected chi connectivity index (χ1v) is 19.9. The van der Waals surface area contributed by atoms with Crippen LogP contribution in [0.15, 0.2) is 42.5 Å². The molecular formula is C41H65N7O6. The molecule has 2 fully saturated rings. The normalized spacial score (nSPS) is 28.5. The maximum Gasteiger partial charge on any atom is 0.315 e. The molecule has 2 saturated heterocycles. The molecule has 0 aromatic heterocycles. The van der Waals surface area contributed by atoms with Crippen LogP contribution in [-0.2, 0) is 25.6 Å². The van der Waals surface area contributed by atoms with Gasteiger partial charge in [0.2, 0.25) is 23.6 Å². The van der Waals surface area contributed by atoms with Crippen LogP contribution in [0.25, 0.3) is 0 Å². The summed E-state index contributed by atoms with van der Waals surface area (Å²) in [7, 11) is 0. The largest absolute Gasteiger partial charge is 0.351 e. The van der Waals surface area contributed by atoms with E-state index >= 15 is 0 Å². The fourth-order valence-electron chi connectivity index (χ4n) is 8.30. The standard InChI is InChI=1S/C41H65N7O6/c1-26(2)22-30-19-18-29(23-28-14-10-9-11-15-28)38(52)47-21-13-17-33(47)36(50)46-34(27(3)4)37(51)45-32(16-12-20-42-39(53)44-30)35(49)43-31-24-40(5,6)48(54)41(7,8)25-31/h9-11,14-15,18-19,26-27,29-34,54H,12-13,16-17,20-25H2,1-8H3,(H,43,49)(H,45,51)(H,46,50)(H2,42,44,53)/b19-18+/t29-,30?,32?,33?,34?/m1/s1. The number of urea groups is 1. The molecule has 3 aliphatic heterocycles. The molecule has 1 aromatic carbocycles. The molecule has 13 nitrogen and oxygen atoms in total. The summed E-state index contributed by atoms with van der Waals surface area (Å²) in [5.41, 5.74) is -0.208. The van der Waals surface area contributed by atoms with E-state index < -0.39 is 46.9 Å². The van der Waals surface area contributed by atoms with Gasteiger partial charge in [-0.05, 0) is 96.5 Å². The van der Waals surface area contributed by atoms with Crippen molar-refractivity contribution < 1.29 is 29.2 Å². The van der Waals surface area contributed by atoms with Gasteiger partial charge in [-0.1, -0.05) is 70.2 Å². The number of hydroxylamine groups is 2. The van der Waals surface area contributed by atoms with Gasteiger partial charge in [0.25, 0.3) is 0 Å². The summed E-state index contributed by atoms with van der Waals surface area (Å²) in [6.07, 6.45) is 7.59. The third kappa shape index (κ3) is 11.5. The lowest BCUT2D eigenvalue weighted by Crippen LogP contribution is -2.64. The van der Waals surface area contributed by atoms with Crippen LogP contribution in [0.5, 0.6) is 0 Å². The summed E-state index contributed by atoms with van der Waals surface area (Å²) in [5.74, 6) is -2.07. The maximum absolute atomic E-state index is 14.3. The minimum atomic E-state index is -0.955. The second kappa shape index (κ2) is 18.6. The van der Waals surface area contributed by atoms with Gasteiger partial charge >= 0.3 is 6.03 Å². The van der Waals surface area contributed by atoms with E-state index in [9.17, 15) is 29.2 Å². The Morgan fingerprint density at radius 3 is 2.19 bits per heavy atom. The third-order valence-electron chi connectivity index (χ3n) is 10.9. The molecule has 4 unspecified atom stereocenters. The van der Waals surface area contributed by atoms with Crippen LogP contribution in [0.3, 0.4) is 0 Å². The number of nitrogens with zero attached hydrogens (tertiary/aromatic N) is 2. The topological polar surface area (TPSA) is 172 Å². The van der Waals surface area contributed by atoms with Gasteiger partial charge in [0, 0.05) is 36.3 Å². The molecule has 0 radical (unpaired) electrons. The van der Waals surface area contributed by atoms with Crippen molar-refractivity contribution >= 4 is 29.7 Å². The van der Waals surface area contributed by atoms with Crippen LogP contribution in [0.4, 0.5) is 4.79 Å². The van der Waals surface area contributed by atoms with Crippen LogP contribution >= 0.6 is 0 Å². The van der Waals surface area contributed by atoms with Gasteiger partial charge in [-0.3, -0.25) is 19.2 Å². The van der Waals surface area contributed by atoms with E-state index in [1.165, 1.54) is 5.06 Å². The van der Waals surface area contributed by atoms with Crippen molar-refractivity contribution in [1.29, 1.82) is 0 Å². The highest BCUT2D eigenvalue weighted by Gasteiger charge is 2.46. The minimum Gasteiger partial charge on any atom is -0.351 e. The smallest absolute Gasteiger partial charge is 0.315 e. The molecule has 0 aliphatic carbocycles. The molecule has 5 atom stereocenters. The Balaban J connectivity index is 1.62. The first-order chi connectivity index (χ1) is 25.4. The van der Waals surface area contributed by atoms with Crippen molar-refractivity contribution in [1.82, 2.24) is 36.5 Å². The Hall–Kier alpha value is -3.97. The van der Waals surface area contributed by atoms with E-state index in [0.29, 0.717) is 51.5 Å². The molecule has 54 heavy (non-hydrogen) atoms. The number of benzene rings is 1. The quantitative estimate of drug-likeness (QED) is 0.228. The van der Waals surface area contributed by atoms with E-state index in [-0.39, 0.29) is 54.7 Å². The molecule has 3 aliphatic rings. The number of hydrogen-bond acceptors (Lipinski definition) is 7. The Kier molecular flexibility index (Phi) is 14.7. The summed E-state index contributed by atoms with van der Waals surface area (Å²) in [5, 5.41) is 27.1. The Bertz CT molecular complexity index is 1480. The zero-order valence-corrected chi connectivity index (χ0v) is 33.6. The lowest BCUT2D eigenvalue weighted by Gasteiger charge is -2.51. The van der Waals surface area contributed by atoms with Gasteiger partial charge < -0.3 is 36.7 Å². The summed E-state index contributed by atoms with van der Waals surface area (Å²) in [6, 6.07) is 6.11. The van der Waals surface area contributed by atoms with Crippen LogP contribution in [0, 0.1) is 17.8 Å². The first kappa shape index (κ1) is 42.8. The van der Waals surface area contributed by atoms with Crippen molar-refractivity contribution in [3.8, 4) is 0 Å². The Labute approximate surface area is 321 Å². The Morgan fingerprint density at radius 2 is 1.56 bits per heavy atom. The number of amides is 6. The summed E-state index contributed by atoms with van der Waals surface area (Å²) in [4.78, 5) is 71.0. The van der Waals surface area contributed by atoms with Crippen LogP contribution in [-0.4, -0.2) is 99.2 Å². The van der Waals surface area contributed by atoms with Gasteiger partial charge in [0.05, 0.1) is 5.92 Å². The highest BCUT2D eigenvalue weighted by Crippen LogP contribution is 2.36. The summed E-state index contributed by atoms with van der Waals surface area (Å²) < 4.78 is 0. The number of fused-ring (bicyclic) bond motifs is 1. The summed E-state index contributed by atoms with van der Waals surface area (Å²) in [6.45, 7) is 16.1. The zero-order valence-electron chi connectivity index (χ0n) is 33.6. The van der Waals surface area contributed by atoms with Gasteiger partial charge in [-0.25, -0.2) is 4.79 Å². The van der Waals surface area contributed by atoms with Crippen molar-refractivity contribution in [2.75, 3.05) is 13.1 Å². The molecule has 300 valence electrons. The lowest BCUT2D eigenvalue weighted by molar-refractivity contribution is -0.246. The first-order valence-electron chi connectivity index (χ1n) is 19.9. The average Bonchev–Trinajstić information content (AvgIpc) is 3.58. The maximum atomic E-state index is 14.3. The van der Waals surface area contributed by atoms with Crippen LogP contribution in [0.1, 0.15) is 106 Å². The second-order valence-electron chi connectivity index (χ2n) is 17.5. The van der Waals surface area contributed by atoms with Crippen LogP contribution in [0.2, 0.25) is 0 Å². The van der Waals surface area contributed by atoms with E-state index in [1.807, 2.05) is 84.0 Å². The van der Waals surface area contributed by atoms with E-state index in [2.05, 4.69) is 40.4 Å². The van der Waals surface area contributed by atoms with Crippen molar-refractivity contribution in [3.63, 3.8) is 0 Å². The second-order valence-corrected chi connectivity index (χ2v) is 17.5. The molecule has 0 bridgehead atoms. The zero-order chi connectivity index (χ0) is 39.8. The number of nitrogens with one attached hydrogen (secondary N) is 5. The molecule has 0 saturated carbocycles. The summed E-state index contributed by atoms with van der Waals surface area (Å²) >= 11 is 0. The SMILES string of the molecule is CC(C)CC1/C=C/[C@H](Cc2ccccc2)C(=O)N2CCCC2C(=O)NC(C(C)C)C(=O)NC(C(=O)NC2CC(C)(C)N(O)C(C)(C)C2)CCCNC(=O)N1. The number of hydrogen-bond donors (Lipinski definition) is 6. The number of piperidine rings is 1. The van der Waals surface area contributed by atoms with E-state index in [1.54, 1.807) is 4.90 Å². The molecule has 0 spiro atoms. The third-order valence-corrected chi connectivity index (χ3v) is 10.9. The fourth-order valence-corrected chi connectivity index (χ4v) is 8.30. The van der Waals surface area contributed by atoms with E-state index in [0.717, 1.165) is 5.56 Å². The number of carbonyl (C=O) groups is 5. The monoisotopic (exact) mass is 751 g/mol. The number of rotatable bonds is 7. The van der Waals surface area contributed by atoms with Gasteiger partial charge in [0.15, 0.2) is 0 Å². The minimum absolute atomic E-state index is 0.181. The van der Waals surface area contributed by atoms with Gasteiger partial charge in [-0.2, -0.15) is 5.06 Å². The predicted octanol–water partition coefficient (Wildman–Crippen LogP) is 4.05. The van der Waals surface area contributed by atoms with E-state index in [4.69, 9.17) is 0 Å². The lowest BCUT2D eigenvalue weighted by atomic mass is 9.79. The molecular weight excluding hydrogens is 686 g/mol. The molecule has 6 N–H and O–H groups in total. The molecule has 4 rings (SSSR count). The predicted molar refractivity (Wildman–Crippen MR) is 208 cm³/mol. The molecule has 3 heterocycles. The van der Waals surface area contributed by atoms with Gasteiger partial charge in [-0.15, -0.1) is 0 Å². The highest BCUT2D eigenvalue weighted by molar-refractivity contribution is 5.95. The fraction of sp³-hybridized carbons (Fsp3) is 0.683. The Morgan fingerprint density at radius 1 is 0.889 bits per heavy atom. The molecule has 1 aromatic rings. The molecule has 6 amide bonds. The number of carbonyl (C=O) groups excluding carboxylic acids is 5. The highest BCUT2D eigenvalue weighted by atomic mass is 16.5.